The number of rotatable bonds is 3. The number of H-pyrrole nitrogens is 1. The van der Waals surface area contributed by atoms with E-state index in [9.17, 15) is 4.79 Å². The molecule has 0 aliphatic heterocycles. The van der Waals surface area contributed by atoms with Crippen LogP contribution in [0.2, 0.25) is 5.02 Å². The fourth-order valence-corrected chi connectivity index (χ4v) is 2.43. The molecular formula is C16H12BrClN4O. The van der Waals surface area contributed by atoms with Crippen LogP contribution in [0.3, 0.4) is 0 Å². The van der Waals surface area contributed by atoms with E-state index >= 15 is 0 Å². The van der Waals surface area contributed by atoms with Crippen molar-refractivity contribution in [3.63, 3.8) is 0 Å². The first-order valence-electron chi connectivity index (χ1n) is 6.79. The van der Waals surface area contributed by atoms with Crippen molar-refractivity contribution in [2.24, 2.45) is 10.2 Å². The van der Waals surface area contributed by atoms with E-state index < -0.39 is 0 Å². The standard InChI is InChI=1S/C16H12BrClN4O/c1-10-15(20-19-13-6-4-12(18)5-7-13)16(23)22(21-10)14-8-2-11(17)3-9-14/h2-9,21H,1H3. The van der Waals surface area contributed by atoms with Crippen LogP contribution in [0.5, 0.6) is 0 Å². The Labute approximate surface area is 145 Å². The van der Waals surface area contributed by atoms with Crippen molar-refractivity contribution in [2.45, 2.75) is 6.92 Å². The molecular weight excluding hydrogens is 380 g/mol. The second-order valence-corrected chi connectivity index (χ2v) is 6.23. The number of hydrogen-bond donors (Lipinski definition) is 1. The summed E-state index contributed by atoms with van der Waals surface area (Å²) in [6.07, 6.45) is 0. The summed E-state index contributed by atoms with van der Waals surface area (Å²) in [6.45, 7) is 1.78. The molecule has 3 rings (SSSR count). The molecule has 0 saturated carbocycles. The Bertz CT molecular complexity index is 911. The molecule has 23 heavy (non-hydrogen) atoms. The minimum Gasteiger partial charge on any atom is -0.293 e. The topological polar surface area (TPSA) is 62.5 Å². The predicted molar refractivity (Wildman–Crippen MR) is 94.5 cm³/mol. The second kappa shape index (κ2) is 6.52. The Morgan fingerprint density at radius 3 is 2.35 bits per heavy atom. The molecule has 0 amide bonds. The smallest absolute Gasteiger partial charge is 0.293 e. The molecule has 0 spiro atoms. The zero-order valence-electron chi connectivity index (χ0n) is 12.1. The van der Waals surface area contributed by atoms with Gasteiger partial charge in [-0.1, -0.05) is 27.5 Å². The molecule has 0 fully saturated rings. The second-order valence-electron chi connectivity index (χ2n) is 4.88. The molecule has 0 saturated heterocycles. The van der Waals surface area contributed by atoms with Crippen LogP contribution in [-0.2, 0) is 0 Å². The number of aryl methyl sites for hydroxylation is 1. The van der Waals surface area contributed by atoms with E-state index in [-0.39, 0.29) is 11.2 Å². The van der Waals surface area contributed by atoms with Crippen molar-refractivity contribution in [1.29, 1.82) is 0 Å². The van der Waals surface area contributed by atoms with E-state index in [2.05, 4.69) is 31.3 Å². The summed E-state index contributed by atoms with van der Waals surface area (Å²) >= 11 is 9.20. The third-order valence-corrected chi connectivity index (χ3v) is 4.00. The van der Waals surface area contributed by atoms with Gasteiger partial charge in [-0.25, -0.2) is 4.68 Å². The highest BCUT2D eigenvalue weighted by molar-refractivity contribution is 9.10. The lowest BCUT2D eigenvalue weighted by Gasteiger charge is -2.00. The van der Waals surface area contributed by atoms with Crippen LogP contribution in [-0.4, -0.2) is 9.78 Å². The monoisotopic (exact) mass is 390 g/mol. The molecule has 1 heterocycles. The Hall–Kier alpha value is -2.18. The van der Waals surface area contributed by atoms with Gasteiger partial charge in [0.05, 0.1) is 17.1 Å². The summed E-state index contributed by atoms with van der Waals surface area (Å²) in [4.78, 5) is 12.5. The maximum atomic E-state index is 12.5. The fourth-order valence-electron chi connectivity index (χ4n) is 2.04. The lowest BCUT2D eigenvalue weighted by atomic mass is 10.3. The van der Waals surface area contributed by atoms with E-state index in [0.29, 0.717) is 16.4 Å². The number of halogens is 2. The lowest BCUT2D eigenvalue weighted by molar-refractivity contribution is 0.835. The molecule has 0 unspecified atom stereocenters. The van der Waals surface area contributed by atoms with Gasteiger partial charge in [-0.05, 0) is 55.5 Å². The van der Waals surface area contributed by atoms with E-state index in [0.717, 1.165) is 10.2 Å². The molecule has 3 aromatic rings. The highest BCUT2D eigenvalue weighted by atomic mass is 79.9. The minimum absolute atomic E-state index is 0.248. The normalized spacial score (nSPS) is 11.3. The quantitative estimate of drug-likeness (QED) is 0.605. The molecule has 0 aliphatic carbocycles. The molecule has 0 radical (unpaired) electrons. The van der Waals surface area contributed by atoms with Gasteiger partial charge in [-0.2, -0.15) is 5.11 Å². The van der Waals surface area contributed by atoms with Gasteiger partial charge in [0.1, 0.15) is 0 Å². The van der Waals surface area contributed by atoms with Gasteiger partial charge >= 0.3 is 0 Å². The molecule has 0 atom stereocenters. The van der Waals surface area contributed by atoms with Crippen molar-refractivity contribution in [3.8, 4) is 5.69 Å². The van der Waals surface area contributed by atoms with Gasteiger partial charge in [-0.15, -0.1) is 5.11 Å². The number of aromatic amines is 1. The Morgan fingerprint density at radius 1 is 1.04 bits per heavy atom. The third kappa shape index (κ3) is 3.43. The van der Waals surface area contributed by atoms with Gasteiger partial charge in [0.25, 0.3) is 5.56 Å². The van der Waals surface area contributed by atoms with E-state index in [1.54, 1.807) is 31.2 Å². The van der Waals surface area contributed by atoms with Crippen LogP contribution < -0.4 is 5.56 Å². The summed E-state index contributed by atoms with van der Waals surface area (Å²) in [5, 5.41) is 11.8. The van der Waals surface area contributed by atoms with E-state index in [1.165, 1.54) is 4.68 Å². The maximum Gasteiger partial charge on any atom is 0.299 e. The van der Waals surface area contributed by atoms with Crippen molar-refractivity contribution < 1.29 is 0 Å². The molecule has 0 aliphatic rings. The first-order valence-corrected chi connectivity index (χ1v) is 7.96. The largest absolute Gasteiger partial charge is 0.299 e. The summed E-state index contributed by atoms with van der Waals surface area (Å²) < 4.78 is 2.39. The fraction of sp³-hybridized carbons (Fsp3) is 0.0625. The Balaban J connectivity index is 1.96. The SMILES string of the molecule is Cc1[nH]n(-c2ccc(Br)cc2)c(=O)c1N=Nc1ccc(Cl)cc1. The predicted octanol–water partition coefficient (Wildman–Crippen LogP) is 5.31. The highest BCUT2D eigenvalue weighted by Crippen LogP contribution is 2.21. The van der Waals surface area contributed by atoms with Gasteiger partial charge < -0.3 is 0 Å². The Kier molecular flexibility index (Phi) is 4.45. The third-order valence-electron chi connectivity index (χ3n) is 3.22. The zero-order valence-corrected chi connectivity index (χ0v) is 14.5. The van der Waals surface area contributed by atoms with Gasteiger partial charge in [0.2, 0.25) is 0 Å². The van der Waals surface area contributed by atoms with Crippen molar-refractivity contribution in [2.75, 3.05) is 0 Å². The van der Waals surface area contributed by atoms with Crippen LogP contribution in [0, 0.1) is 6.92 Å². The summed E-state index contributed by atoms with van der Waals surface area (Å²) in [5.74, 6) is 0. The van der Waals surface area contributed by atoms with Crippen LogP contribution in [0.25, 0.3) is 5.69 Å². The molecule has 116 valence electrons. The first-order chi connectivity index (χ1) is 11.0. The summed E-state index contributed by atoms with van der Waals surface area (Å²) in [5.41, 5.74) is 2.04. The molecule has 0 bridgehead atoms. The number of azo groups is 1. The maximum absolute atomic E-state index is 12.5. The van der Waals surface area contributed by atoms with Crippen LogP contribution in [0.4, 0.5) is 11.4 Å². The summed E-state index contributed by atoms with van der Waals surface area (Å²) in [7, 11) is 0. The number of aromatic nitrogens is 2. The number of hydrogen-bond acceptors (Lipinski definition) is 3. The molecule has 1 N–H and O–H groups in total. The van der Waals surface area contributed by atoms with Crippen LogP contribution >= 0.6 is 27.5 Å². The van der Waals surface area contributed by atoms with Crippen LogP contribution in [0.15, 0.2) is 68.0 Å². The average molecular weight is 392 g/mol. The van der Waals surface area contributed by atoms with Crippen molar-refractivity contribution >= 4 is 38.9 Å². The molecule has 5 nitrogen and oxygen atoms in total. The zero-order chi connectivity index (χ0) is 16.4. The van der Waals surface area contributed by atoms with E-state index in [1.807, 2.05) is 24.3 Å². The van der Waals surface area contributed by atoms with Gasteiger partial charge in [-0.3, -0.25) is 9.89 Å². The minimum atomic E-state index is -0.248. The molecule has 1 aromatic heterocycles. The summed E-state index contributed by atoms with van der Waals surface area (Å²) in [6, 6.07) is 14.3. The van der Waals surface area contributed by atoms with E-state index in [4.69, 9.17) is 11.6 Å². The number of nitrogens with zero attached hydrogens (tertiary/aromatic N) is 3. The first kappa shape index (κ1) is 15.7. The van der Waals surface area contributed by atoms with Crippen LogP contribution in [0.1, 0.15) is 5.69 Å². The van der Waals surface area contributed by atoms with Gasteiger partial charge in [0.15, 0.2) is 5.69 Å². The van der Waals surface area contributed by atoms with Crippen molar-refractivity contribution in [1.82, 2.24) is 9.78 Å². The number of benzene rings is 2. The number of nitrogens with one attached hydrogen (secondary N) is 1. The van der Waals surface area contributed by atoms with Gasteiger partial charge in [0, 0.05) is 9.50 Å². The van der Waals surface area contributed by atoms with Crippen molar-refractivity contribution in [3.05, 3.63) is 74.1 Å². The Morgan fingerprint density at radius 2 is 1.70 bits per heavy atom. The lowest BCUT2D eigenvalue weighted by Crippen LogP contribution is -2.13. The highest BCUT2D eigenvalue weighted by Gasteiger charge is 2.12. The average Bonchev–Trinajstić information content (AvgIpc) is 2.82. The molecule has 7 heteroatoms. The molecule has 2 aromatic carbocycles.